The molecule has 10 heteroatoms. The predicted molar refractivity (Wildman–Crippen MR) is 33.3 cm³/mol. The quantitative estimate of drug-likeness (QED) is 0.349. The van der Waals surface area contributed by atoms with Crippen molar-refractivity contribution >= 4 is 40.4 Å². The first-order valence-corrected chi connectivity index (χ1v) is 6.09. The van der Waals surface area contributed by atoms with Gasteiger partial charge in [-0.1, -0.05) is 0 Å². The fraction of sp³-hybridized carbons (Fsp3) is 0. The van der Waals surface area contributed by atoms with E-state index in [0.29, 0.717) is 0 Å². The average Bonchev–Trinajstić information content (AvgIpc) is 1.99. The molecule has 0 aromatic heterocycles. The predicted octanol–water partition coefficient (Wildman–Crippen LogP) is -3.05. The van der Waals surface area contributed by atoms with E-state index in [1.165, 1.54) is 0 Å². The summed E-state index contributed by atoms with van der Waals surface area (Å²) in [6, 6.07) is 0. The third-order valence-electron chi connectivity index (χ3n) is 0. The molecule has 0 N–H and O–H groups in total. The van der Waals surface area contributed by atoms with Gasteiger partial charge in [-0.05, 0) is 0 Å². The summed E-state index contributed by atoms with van der Waals surface area (Å²) in [6.07, 6.45) is 0. The molecular weight excluding hydrogens is 335 g/mol. The van der Waals surface area contributed by atoms with Gasteiger partial charge in [-0.2, -0.15) is 0 Å². The minimum Gasteiger partial charge on any atom is 1.00 e. The molecule has 0 aromatic carbocycles. The molecule has 0 saturated heterocycles. The second-order valence-corrected chi connectivity index (χ2v) is 3.20. The summed E-state index contributed by atoms with van der Waals surface area (Å²) in [5, 5.41) is 12.5. The summed E-state index contributed by atoms with van der Waals surface area (Å²) in [7, 11) is 18.7. The van der Waals surface area contributed by atoms with Crippen LogP contribution < -0.4 is 37.7 Å². The topological polar surface area (TPSA) is 47.6 Å². The first-order chi connectivity index (χ1) is 4.83. The van der Waals surface area contributed by atoms with Crippen LogP contribution in [0.15, 0.2) is 0 Å². The maximum absolute atomic E-state index is 6.25. The van der Waals surface area contributed by atoms with Crippen molar-refractivity contribution in [1.82, 2.24) is 0 Å². The van der Waals surface area contributed by atoms with Crippen molar-refractivity contribution in [3.8, 4) is 0 Å². The van der Waals surface area contributed by atoms with Crippen molar-refractivity contribution in [1.29, 1.82) is 10.5 Å². The Morgan fingerprint density at radius 2 is 0.667 bits per heavy atom. The van der Waals surface area contributed by atoms with Gasteiger partial charge < -0.3 is 23.7 Å². The normalized spacial score (nSPS) is 4.00. The van der Waals surface area contributed by atoms with Gasteiger partial charge in [-0.3, -0.25) is 0 Å². The van der Waals surface area contributed by atoms with Crippen LogP contribution in [0.4, 0.5) is 0 Å². The van der Waals surface area contributed by atoms with Crippen molar-refractivity contribution in [3.05, 3.63) is 13.1 Å². The molecule has 0 fully saturated rings. The molecule has 12 heavy (non-hydrogen) atoms. The van der Waals surface area contributed by atoms with Crippen LogP contribution in [0.3, 0.4) is 0 Å². The third kappa shape index (κ3) is 284. The molecular formula is C2Cl4Cu2Li2N2. The Labute approximate surface area is 126 Å². The minimum atomic E-state index is 0. The van der Waals surface area contributed by atoms with E-state index in [0.717, 1.165) is 26.3 Å². The zero-order valence-corrected chi connectivity index (χ0v) is 10.9. The number of hydrogen-bond donors (Lipinski definition) is 0. The Kier molecular flexibility index (Phi) is 327. The molecule has 0 bridgehead atoms. The zero-order chi connectivity index (χ0) is 9.41. The molecule has 2 nitrogen and oxygen atoms in total. The van der Waals surface area contributed by atoms with Crippen LogP contribution in [-0.2, 0) is 26.3 Å². The van der Waals surface area contributed by atoms with E-state index in [1.807, 2.05) is 0 Å². The van der Waals surface area contributed by atoms with Crippen molar-refractivity contribution in [3.63, 3.8) is 0 Å². The molecule has 0 rings (SSSR count). The second-order valence-electron chi connectivity index (χ2n) is 0.0861. The zero-order valence-electron chi connectivity index (χ0n) is 6.01. The van der Waals surface area contributed by atoms with Gasteiger partial charge in [0.1, 0.15) is 0 Å². The van der Waals surface area contributed by atoms with Crippen molar-refractivity contribution in [2.24, 2.45) is 0 Å². The molecule has 0 unspecified atom stereocenters. The van der Waals surface area contributed by atoms with E-state index in [1.54, 1.807) is 0 Å². The monoisotopic (exact) mass is 332 g/mol. The van der Waals surface area contributed by atoms with Crippen molar-refractivity contribution in [2.75, 3.05) is 0 Å². The molecule has 70 valence electrons. The molecule has 0 aliphatic carbocycles. The Hall–Kier alpha value is 2.37. The van der Waals surface area contributed by atoms with Gasteiger partial charge in [0.05, 0.1) is 0 Å². The molecule has 0 atom stereocenters. The number of nitrogens with zero attached hydrogens (tertiary/aromatic N) is 2. The largest absolute Gasteiger partial charge is 1.00 e. The molecule has 0 aliphatic heterocycles. The number of hydrogen-bond acceptors (Lipinski definition) is 2. The van der Waals surface area contributed by atoms with E-state index < -0.39 is 0 Å². The van der Waals surface area contributed by atoms with Gasteiger partial charge in [-0.25, -0.2) is 0 Å². The fourth-order valence-electron chi connectivity index (χ4n) is 0. The molecule has 0 amide bonds. The summed E-state index contributed by atoms with van der Waals surface area (Å²) < 4.78 is 0. The standard InChI is InChI=1S/2CN.4ClH.2Cu.2Li/c2*1-2;;;;;;;;/h;;4*1H;;;;/q2*-1;;;;;2*+2;2*+1/p-4. The molecule has 0 radical (unpaired) electrons. The first kappa shape index (κ1) is 36.7. The number of rotatable bonds is 0. The Balaban J connectivity index is -0.00000000967. The minimum absolute atomic E-state index is 0. The van der Waals surface area contributed by atoms with Crippen molar-refractivity contribution < 1.29 is 64.0 Å². The molecule has 0 saturated carbocycles. The van der Waals surface area contributed by atoms with Gasteiger partial charge in [-0.15, -0.1) is 0 Å². The first-order valence-electron chi connectivity index (χ1n) is 0.903. The summed E-state index contributed by atoms with van der Waals surface area (Å²) in [5.74, 6) is 0. The maximum atomic E-state index is 6.25. The van der Waals surface area contributed by atoms with Crippen LogP contribution >= 0.6 is 40.4 Å². The SMILES string of the molecule is [C-]#N.[C-]#N.[Cl][Cu][Cl].[Cl][Cu][Cl].[Li+].[Li+]. The van der Waals surface area contributed by atoms with Crippen LogP contribution in [0.2, 0.25) is 0 Å². The summed E-state index contributed by atoms with van der Waals surface area (Å²) in [5.41, 5.74) is 0. The average molecular weight is 335 g/mol. The van der Waals surface area contributed by atoms with E-state index in [4.69, 9.17) is 23.7 Å². The van der Waals surface area contributed by atoms with Crippen LogP contribution in [-0.4, -0.2) is 0 Å². The molecule has 0 aromatic rings. The van der Waals surface area contributed by atoms with Crippen LogP contribution in [0.1, 0.15) is 0 Å². The Bertz CT molecular complexity index is 57.5. The van der Waals surface area contributed by atoms with Gasteiger partial charge in [0.2, 0.25) is 0 Å². The Morgan fingerprint density at radius 3 is 0.667 bits per heavy atom. The number of halogens is 4. The molecule has 0 heterocycles. The second kappa shape index (κ2) is 107. The van der Waals surface area contributed by atoms with E-state index in [-0.39, 0.29) is 37.7 Å². The molecule has 0 aliphatic rings. The van der Waals surface area contributed by atoms with Gasteiger partial charge in [0, 0.05) is 0 Å². The van der Waals surface area contributed by atoms with Gasteiger partial charge in [0.15, 0.2) is 0 Å². The van der Waals surface area contributed by atoms with Crippen LogP contribution in [0.25, 0.3) is 0 Å². The Morgan fingerprint density at radius 1 is 0.667 bits per heavy atom. The van der Waals surface area contributed by atoms with Gasteiger partial charge >= 0.3 is 104 Å². The summed E-state index contributed by atoms with van der Waals surface area (Å²) in [4.78, 5) is 0. The third-order valence-corrected chi connectivity index (χ3v) is 0. The summed E-state index contributed by atoms with van der Waals surface area (Å²) >= 11 is 1.51. The van der Waals surface area contributed by atoms with Crippen molar-refractivity contribution in [2.45, 2.75) is 0 Å². The van der Waals surface area contributed by atoms with Crippen LogP contribution in [0.5, 0.6) is 0 Å². The van der Waals surface area contributed by atoms with Gasteiger partial charge in [0.25, 0.3) is 0 Å². The van der Waals surface area contributed by atoms with E-state index in [9.17, 15) is 0 Å². The van der Waals surface area contributed by atoms with E-state index in [2.05, 4.69) is 40.4 Å². The van der Waals surface area contributed by atoms with E-state index >= 15 is 0 Å². The maximum Gasteiger partial charge on any atom is 1.00 e. The van der Waals surface area contributed by atoms with Crippen LogP contribution in [0, 0.1) is 23.7 Å². The smallest absolute Gasteiger partial charge is 1.00 e. The molecule has 0 spiro atoms. The summed E-state index contributed by atoms with van der Waals surface area (Å²) in [6.45, 7) is 9.50. The fourth-order valence-corrected chi connectivity index (χ4v) is 0.